The molecule has 1 amide bonds. The summed E-state index contributed by atoms with van der Waals surface area (Å²) in [6, 6.07) is 8.06. The molecule has 1 saturated heterocycles. The predicted octanol–water partition coefficient (Wildman–Crippen LogP) is 2.42. The SMILES string of the molecule is CCC1CC(Nc2cccc(C(=O)NC)c2)CCO1. The zero-order chi connectivity index (χ0) is 13.7. The van der Waals surface area contributed by atoms with E-state index in [-0.39, 0.29) is 5.91 Å². The van der Waals surface area contributed by atoms with Crippen LogP contribution in [0.3, 0.4) is 0 Å². The quantitative estimate of drug-likeness (QED) is 0.876. The van der Waals surface area contributed by atoms with E-state index >= 15 is 0 Å². The van der Waals surface area contributed by atoms with Crippen molar-refractivity contribution in [2.75, 3.05) is 19.0 Å². The molecule has 1 fully saturated rings. The van der Waals surface area contributed by atoms with Crippen molar-refractivity contribution in [3.05, 3.63) is 29.8 Å². The Kier molecular flexibility index (Phi) is 4.80. The molecule has 2 atom stereocenters. The van der Waals surface area contributed by atoms with Crippen molar-refractivity contribution < 1.29 is 9.53 Å². The second-order valence-corrected chi connectivity index (χ2v) is 4.93. The second kappa shape index (κ2) is 6.57. The summed E-state index contributed by atoms with van der Waals surface area (Å²) in [7, 11) is 1.65. The molecule has 19 heavy (non-hydrogen) atoms. The van der Waals surface area contributed by atoms with Crippen molar-refractivity contribution in [1.82, 2.24) is 5.32 Å². The Morgan fingerprint density at radius 3 is 3.05 bits per heavy atom. The lowest BCUT2D eigenvalue weighted by Gasteiger charge is -2.30. The number of benzene rings is 1. The van der Waals surface area contributed by atoms with Crippen molar-refractivity contribution in [1.29, 1.82) is 0 Å². The minimum absolute atomic E-state index is 0.0536. The molecule has 0 bridgehead atoms. The Morgan fingerprint density at radius 1 is 1.47 bits per heavy atom. The van der Waals surface area contributed by atoms with Gasteiger partial charge in [0.25, 0.3) is 5.91 Å². The summed E-state index contributed by atoms with van der Waals surface area (Å²) in [5, 5.41) is 6.15. The summed E-state index contributed by atoms with van der Waals surface area (Å²) in [4.78, 5) is 11.6. The van der Waals surface area contributed by atoms with E-state index in [1.54, 1.807) is 7.05 Å². The first-order valence-electron chi connectivity index (χ1n) is 6.93. The van der Waals surface area contributed by atoms with E-state index in [1.165, 1.54) is 0 Å². The van der Waals surface area contributed by atoms with Gasteiger partial charge >= 0.3 is 0 Å². The average molecular weight is 262 g/mol. The van der Waals surface area contributed by atoms with Crippen LogP contribution in [0.5, 0.6) is 0 Å². The molecule has 0 radical (unpaired) electrons. The summed E-state index contributed by atoms with van der Waals surface area (Å²) in [5.74, 6) is -0.0536. The molecule has 0 aliphatic carbocycles. The van der Waals surface area contributed by atoms with Crippen LogP contribution in [0.4, 0.5) is 5.69 Å². The summed E-state index contributed by atoms with van der Waals surface area (Å²) >= 11 is 0. The molecular formula is C15H22N2O2. The minimum Gasteiger partial charge on any atom is -0.382 e. The van der Waals surface area contributed by atoms with Crippen LogP contribution in [0.25, 0.3) is 0 Å². The van der Waals surface area contributed by atoms with Crippen molar-refractivity contribution in [3.63, 3.8) is 0 Å². The number of ether oxygens (including phenoxy) is 1. The van der Waals surface area contributed by atoms with E-state index in [0.29, 0.717) is 17.7 Å². The first-order chi connectivity index (χ1) is 9.22. The summed E-state index contributed by atoms with van der Waals surface area (Å²) in [5.41, 5.74) is 1.69. The zero-order valence-electron chi connectivity index (χ0n) is 11.6. The van der Waals surface area contributed by atoms with E-state index in [1.807, 2.05) is 24.3 Å². The Hall–Kier alpha value is -1.55. The van der Waals surface area contributed by atoms with Crippen LogP contribution in [0, 0.1) is 0 Å². The number of hydrogen-bond acceptors (Lipinski definition) is 3. The van der Waals surface area contributed by atoms with Gasteiger partial charge in [0.05, 0.1) is 6.10 Å². The van der Waals surface area contributed by atoms with Crippen LogP contribution in [-0.4, -0.2) is 31.7 Å². The fourth-order valence-electron chi connectivity index (χ4n) is 2.43. The van der Waals surface area contributed by atoms with Crippen molar-refractivity contribution in [2.24, 2.45) is 0 Å². The second-order valence-electron chi connectivity index (χ2n) is 4.93. The summed E-state index contributed by atoms with van der Waals surface area (Å²) < 4.78 is 5.67. The van der Waals surface area contributed by atoms with Gasteiger partial charge in [-0.2, -0.15) is 0 Å². The van der Waals surface area contributed by atoms with E-state index in [0.717, 1.165) is 31.6 Å². The smallest absolute Gasteiger partial charge is 0.251 e. The van der Waals surface area contributed by atoms with Crippen LogP contribution in [0.15, 0.2) is 24.3 Å². The van der Waals surface area contributed by atoms with Gasteiger partial charge in [-0.05, 0) is 37.5 Å². The molecule has 0 spiro atoms. The highest BCUT2D eigenvalue weighted by molar-refractivity contribution is 5.94. The topological polar surface area (TPSA) is 50.4 Å². The first-order valence-corrected chi connectivity index (χ1v) is 6.93. The molecule has 1 aliphatic rings. The molecule has 1 heterocycles. The number of carbonyl (C=O) groups is 1. The third kappa shape index (κ3) is 3.70. The predicted molar refractivity (Wildman–Crippen MR) is 76.5 cm³/mol. The fraction of sp³-hybridized carbons (Fsp3) is 0.533. The Balaban J connectivity index is 2.00. The molecule has 1 aromatic rings. The van der Waals surface area contributed by atoms with E-state index in [9.17, 15) is 4.79 Å². The number of nitrogens with one attached hydrogen (secondary N) is 2. The van der Waals surface area contributed by atoms with Crippen LogP contribution < -0.4 is 10.6 Å². The van der Waals surface area contributed by atoms with Gasteiger partial charge in [0, 0.05) is 30.9 Å². The molecule has 2 unspecified atom stereocenters. The average Bonchev–Trinajstić information content (AvgIpc) is 2.47. The molecule has 2 rings (SSSR count). The van der Waals surface area contributed by atoms with Crippen LogP contribution >= 0.6 is 0 Å². The molecule has 2 N–H and O–H groups in total. The van der Waals surface area contributed by atoms with Crippen LogP contribution in [-0.2, 0) is 4.74 Å². The standard InChI is InChI=1S/C15H22N2O2/c1-3-14-10-13(7-8-19-14)17-12-6-4-5-11(9-12)15(18)16-2/h4-6,9,13-14,17H,3,7-8,10H2,1-2H3,(H,16,18). The highest BCUT2D eigenvalue weighted by atomic mass is 16.5. The lowest BCUT2D eigenvalue weighted by Crippen LogP contribution is -2.33. The summed E-state index contributed by atoms with van der Waals surface area (Å²) in [6.45, 7) is 2.96. The van der Waals surface area contributed by atoms with Gasteiger partial charge in [0.15, 0.2) is 0 Å². The maximum Gasteiger partial charge on any atom is 0.251 e. The van der Waals surface area contributed by atoms with Gasteiger partial charge in [-0.3, -0.25) is 4.79 Å². The normalized spacial score (nSPS) is 22.8. The maximum atomic E-state index is 11.6. The van der Waals surface area contributed by atoms with Gasteiger partial charge < -0.3 is 15.4 Å². The Labute approximate surface area is 114 Å². The number of hydrogen-bond donors (Lipinski definition) is 2. The highest BCUT2D eigenvalue weighted by Crippen LogP contribution is 2.21. The molecule has 0 aromatic heterocycles. The molecule has 104 valence electrons. The van der Waals surface area contributed by atoms with Gasteiger partial charge in [-0.25, -0.2) is 0 Å². The maximum absolute atomic E-state index is 11.6. The van der Waals surface area contributed by atoms with Gasteiger partial charge in [0.2, 0.25) is 0 Å². The minimum atomic E-state index is -0.0536. The van der Waals surface area contributed by atoms with Crippen molar-refractivity contribution in [3.8, 4) is 0 Å². The van der Waals surface area contributed by atoms with Gasteiger partial charge in [0.1, 0.15) is 0 Å². The number of amides is 1. The molecule has 4 nitrogen and oxygen atoms in total. The van der Waals surface area contributed by atoms with Crippen LogP contribution in [0.1, 0.15) is 36.5 Å². The van der Waals surface area contributed by atoms with Crippen molar-refractivity contribution >= 4 is 11.6 Å². The Morgan fingerprint density at radius 2 is 2.32 bits per heavy atom. The fourth-order valence-corrected chi connectivity index (χ4v) is 2.43. The highest BCUT2D eigenvalue weighted by Gasteiger charge is 2.21. The number of carbonyl (C=O) groups excluding carboxylic acids is 1. The van der Waals surface area contributed by atoms with Crippen molar-refractivity contribution in [2.45, 2.75) is 38.3 Å². The summed E-state index contributed by atoms with van der Waals surface area (Å²) in [6.07, 6.45) is 3.45. The molecule has 0 saturated carbocycles. The lowest BCUT2D eigenvalue weighted by atomic mass is 10.0. The molecule has 1 aromatic carbocycles. The van der Waals surface area contributed by atoms with Gasteiger partial charge in [-0.15, -0.1) is 0 Å². The molecule has 1 aliphatic heterocycles. The molecular weight excluding hydrogens is 240 g/mol. The van der Waals surface area contributed by atoms with Crippen LogP contribution in [0.2, 0.25) is 0 Å². The van der Waals surface area contributed by atoms with E-state index < -0.39 is 0 Å². The largest absolute Gasteiger partial charge is 0.382 e. The van der Waals surface area contributed by atoms with E-state index in [4.69, 9.17) is 4.74 Å². The third-order valence-corrected chi connectivity index (χ3v) is 3.55. The van der Waals surface area contributed by atoms with E-state index in [2.05, 4.69) is 17.6 Å². The molecule has 4 heteroatoms. The first kappa shape index (κ1) is 13.9. The number of rotatable bonds is 4. The third-order valence-electron chi connectivity index (χ3n) is 3.55. The lowest BCUT2D eigenvalue weighted by molar-refractivity contribution is 0.00925. The van der Waals surface area contributed by atoms with Gasteiger partial charge in [-0.1, -0.05) is 13.0 Å². The zero-order valence-corrected chi connectivity index (χ0v) is 11.6. The monoisotopic (exact) mass is 262 g/mol. The Bertz CT molecular complexity index is 434. The number of anilines is 1.